The Hall–Kier alpha value is -6.84. The van der Waals surface area contributed by atoms with Gasteiger partial charge in [0.2, 0.25) is 6.79 Å². The van der Waals surface area contributed by atoms with E-state index >= 15 is 0 Å². The molecule has 3 aromatic rings. The number of rotatable bonds is 1. The summed E-state index contributed by atoms with van der Waals surface area (Å²) in [6, 6.07) is 14.0. The van der Waals surface area contributed by atoms with E-state index in [0.717, 1.165) is 71.5 Å². The topological polar surface area (TPSA) is 254 Å². The first-order valence-corrected chi connectivity index (χ1v) is 32.5. The molecule has 9 aliphatic heterocycles. The van der Waals surface area contributed by atoms with E-state index in [-0.39, 0.29) is 78.7 Å². The molecule has 492 valence electrons. The van der Waals surface area contributed by atoms with Crippen molar-refractivity contribution < 1.29 is 104 Å². The molecule has 0 radical (unpaired) electrons. The molecule has 7 aliphatic carbocycles. The summed E-state index contributed by atoms with van der Waals surface area (Å²) in [6.45, 7) is 24.2. The predicted octanol–water partition coefficient (Wildman–Crippen LogP) is 13.2. The molecule has 0 N–H and O–H groups in total. The lowest BCUT2D eigenvalue weighted by Gasteiger charge is -2.40. The standard InChI is InChI=1S/C14H18O3.C9H12O3.C9H8O.C8H10O4.C8H8O2.C7H10O3.C7H12O3.C6H10O3/c1-5-2-6-3-7(5)11-9-4-8(10(6)11)12-13(9)17-14(15)16-12;1-4-2-5-3-6(4)8-7(5)11-9(10)12-8;1-7-2-3-9-8(6-7)4-5-10-9;1-3-2-4-6-7(5(3)10-4)12-8(9)11-6;1-6-3-2-4-7-8(6)10-5-9-7;1-4-2-5-6(3-4)10-7(8)9-5;1-7(2,3)5-4-9-6(8)10-5;1-4(2)5-3-8-6(7)9-5/h5-13H,2-4H2,1H3;4-8H,2-3H2,1H3;2-6H,1H3;3-7H,2H2,1H3;2-4H,5H2,1H3;4-6H,2-3H2,1H3;5H,4H2,1-3H3;4-5H,3H2,1-2H3. The number of ether oxygens (including phenoxy) is 15. The summed E-state index contributed by atoms with van der Waals surface area (Å²) >= 11 is 0. The number of para-hydroxylation sites is 1. The highest BCUT2D eigenvalue weighted by molar-refractivity contribution is 5.77. The Morgan fingerprint density at radius 3 is 1.70 bits per heavy atom. The third kappa shape index (κ3) is 13.0. The van der Waals surface area contributed by atoms with Crippen molar-refractivity contribution in [2.24, 2.45) is 82.3 Å². The van der Waals surface area contributed by atoms with Gasteiger partial charge in [-0.15, -0.1) is 0 Å². The van der Waals surface area contributed by atoms with Gasteiger partial charge in [-0.25, -0.2) is 28.8 Å². The number of benzene rings is 2. The van der Waals surface area contributed by atoms with Crippen LogP contribution in [-0.2, 0) is 61.6 Å². The van der Waals surface area contributed by atoms with Crippen LogP contribution >= 0.6 is 0 Å². The van der Waals surface area contributed by atoms with Gasteiger partial charge in [0, 0.05) is 34.5 Å². The second-order valence-corrected chi connectivity index (χ2v) is 29.0. The summed E-state index contributed by atoms with van der Waals surface area (Å²) in [5, 5.41) is 1.18. The molecular formula is C68H88O22. The predicted molar refractivity (Wildman–Crippen MR) is 316 cm³/mol. The van der Waals surface area contributed by atoms with Crippen LogP contribution in [0.5, 0.6) is 11.5 Å². The SMILES string of the molecule is CC(C)(C)C1COC(=O)O1.CC(C)C1COC(=O)O1.CC1CC2CC1C1C3CC(C4OC(=O)OC34)C21.CC1CC2CC1C1OC(=O)OC21.CC1CC2OC(=O)OC2C1.CC1CC2OC1C1OC(=O)OC21.Cc1ccc2occc2c1.Cc1cccc2c1OCO2. The molecule has 10 heterocycles. The molecule has 15 fully saturated rings. The molecule has 16 aliphatic rings. The fraction of sp³-hybridized carbons (Fsp3) is 0.706. The Morgan fingerprint density at radius 2 is 1.08 bits per heavy atom. The van der Waals surface area contributed by atoms with E-state index in [9.17, 15) is 28.8 Å². The van der Waals surface area contributed by atoms with E-state index in [0.29, 0.717) is 67.3 Å². The fourth-order valence-corrected chi connectivity index (χ4v) is 17.3. The van der Waals surface area contributed by atoms with Crippen molar-refractivity contribution in [3.8, 4) is 11.5 Å². The van der Waals surface area contributed by atoms with Crippen LogP contribution in [0.1, 0.15) is 125 Å². The number of carbonyl (C=O) groups is 6. The van der Waals surface area contributed by atoms with Crippen LogP contribution in [0.25, 0.3) is 11.0 Å². The zero-order chi connectivity index (χ0) is 63.6. The summed E-state index contributed by atoms with van der Waals surface area (Å²) < 4.78 is 80.8. The second-order valence-electron chi connectivity index (χ2n) is 29.0. The Bertz CT molecular complexity index is 3050. The summed E-state index contributed by atoms with van der Waals surface area (Å²) in [4.78, 5) is 64.2. The van der Waals surface area contributed by atoms with Crippen molar-refractivity contribution in [2.45, 2.75) is 201 Å². The lowest BCUT2D eigenvalue weighted by Crippen LogP contribution is -2.43. The summed E-state index contributed by atoms with van der Waals surface area (Å²) in [6.07, 6.45) is 8.53. The third-order valence-electron chi connectivity index (χ3n) is 21.6. The second kappa shape index (κ2) is 25.7. The lowest BCUT2D eigenvalue weighted by atomic mass is 9.66. The van der Waals surface area contributed by atoms with Crippen LogP contribution in [0.2, 0.25) is 0 Å². The quantitative estimate of drug-likeness (QED) is 0.125. The molecule has 19 rings (SSSR count). The van der Waals surface area contributed by atoms with Crippen LogP contribution in [0.15, 0.2) is 53.1 Å². The Morgan fingerprint density at radius 1 is 0.478 bits per heavy atom. The molecule has 8 bridgehead atoms. The third-order valence-corrected chi connectivity index (χ3v) is 21.6. The molecule has 0 amide bonds. The number of furan rings is 1. The van der Waals surface area contributed by atoms with Gasteiger partial charge in [0.05, 0.1) is 12.4 Å². The van der Waals surface area contributed by atoms with Gasteiger partial charge in [-0.2, -0.15) is 0 Å². The minimum Gasteiger partial charge on any atom is -0.464 e. The lowest BCUT2D eigenvalue weighted by molar-refractivity contribution is -0.00240. The van der Waals surface area contributed by atoms with E-state index in [1.165, 1.54) is 43.1 Å². The number of hydrogen-bond acceptors (Lipinski definition) is 22. The molecular weight excluding hydrogens is 1170 g/mol. The van der Waals surface area contributed by atoms with Crippen molar-refractivity contribution in [3.05, 3.63) is 59.9 Å². The van der Waals surface area contributed by atoms with Gasteiger partial charge < -0.3 is 75.5 Å². The monoisotopic (exact) mass is 1260 g/mol. The summed E-state index contributed by atoms with van der Waals surface area (Å²) in [5.41, 5.74) is 3.36. The van der Waals surface area contributed by atoms with E-state index in [1.54, 1.807) is 6.26 Å². The van der Waals surface area contributed by atoms with Gasteiger partial charge in [0.15, 0.2) is 23.7 Å². The maximum atomic E-state index is 11.3. The van der Waals surface area contributed by atoms with Crippen molar-refractivity contribution in [2.75, 3.05) is 20.0 Å². The summed E-state index contributed by atoms with van der Waals surface area (Å²) in [5.74, 6) is 10.8. The molecule has 8 saturated heterocycles. The van der Waals surface area contributed by atoms with Crippen LogP contribution in [0, 0.1) is 96.2 Å². The molecule has 22 heteroatoms. The van der Waals surface area contributed by atoms with Crippen LogP contribution in [0.4, 0.5) is 28.8 Å². The molecule has 0 spiro atoms. The largest absolute Gasteiger partial charge is 0.509 e. The van der Waals surface area contributed by atoms with Crippen molar-refractivity contribution in [1.29, 1.82) is 0 Å². The number of fused-ring (bicyclic) bond motifs is 25. The first-order valence-electron chi connectivity index (χ1n) is 32.5. The van der Waals surface area contributed by atoms with Gasteiger partial charge in [-0.1, -0.05) is 86.1 Å². The smallest absolute Gasteiger partial charge is 0.464 e. The first-order chi connectivity index (χ1) is 42.9. The summed E-state index contributed by atoms with van der Waals surface area (Å²) in [7, 11) is 0. The maximum absolute atomic E-state index is 11.3. The van der Waals surface area contributed by atoms with Gasteiger partial charge in [-0.3, -0.25) is 0 Å². The highest BCUT2D eigenvalue weighted by atomic mass is 16.8. The number of hydrogen-bond donors (Lipinski definition) is 0. The minimum atomic E-state index is -0.542. The van der Waals surface area contributed by atoms with E-state index in [2.05, 4.69) is 50.2 Å². The molecule has 90 heavy (non-hydrogen) atoms. The van der Waals surface area contributed by atoms with Crippen LogP contribution in [-0.4, -0.2) is 130 Å². The van der Waals surface area contributed by atoms with Crippen molar-refractivity contribution in [3.63, 3.8) is 0 Å². The Balaban J connectivity index is 0.000000101. The molecule has 23 unspecified atom stereocenters. The Labute approximate surface area is 524 Å². The highest BCUT2D eigenvalue weighted by Crippen LogP contribution is 2.70. The average molecular weight is 1260 g/mol. The zero-order valence-electron chi connectivity index (χ0n) is 53.3. The Kier molecular flexibility index (Phi) is 18.1. The molecule has 1 aromatic heterocycles. The zero-order valence-corrected chi connectivity index (χ0v) is 53.3. The molecule has 22 nitrogen and oxygen atoms in total. The number of aryl methyl sites for hydroxylation is 2. The van der Waals surface area contributed by atoms with Gasteiger partial charge in [-0.05, 0) is 148 Å². The molecule has 23 atom stereocenters. The van der Waals surface area contributed by atoms with E-state index < -0.39 is 36.9 Å². The average Bonchev–Trinajstić information content (AvgIpc) is 1.53. The fourth-order valence-electron chi connectivity index (χ4n) is 17.3. The van der Waals surface area contributed by atoms with Gasteiger partial charge >= 0.3 is 36.9 Å². The van der Waals surface area contributed by atoms with E-state index in [4.69, 9.17) is 66.0 Å². The van der Waals surface area contributed by atoms with Crippen molar-refractivity contribution >= 4 is 47.9 Å². The van der Waals surface area contributed by atoms with Gasteiger partial charge in [0.25, 0.3) is 0 Å². The maximum Gasteiger partial charge on any atom is 0.509 e. The highest BCUT2D eigenvalue weighted by Gasteiger charge is 2.71. The van der Waals surface area contributed by atoms with Crippen LogP contribution in [0.3, 0.4) is 0 Å². The first kappa shape index (κ1) is 63.3. The minimum absolute atomic E-state index is 0.00778. The van der Waals surface area contributed by atoms with Crippen molar-refractivity contribution in [1.82, 2.24) is 0 Å². The number of carbonyl (C=O) groups excluding carboxylic acids is 6. The normalized spacial score (nSPS) is 40.2. The molecule has 7 saturated carbocycles. The molecule has 2 aromatic carbocycles. The van der Waals surface area contributed by atoms with Crippen LogP contribution < -0.4 is 9.47 Å². The van der Waals surface area contributed by atoms with Gasteiger partial charge in [0.1, 0.15) is 73.7 Å². The number of cyclic esters (lactones) is 4. The van der Waals surface area contributed by atoms with E-state index in [1.807, 2.05) is 77.9 Å².